The van der Waals surface area contributed by atoms with Crippen LogP contribution in [0.3, 0.4) is 0 Å². The molecular weight excluding hydrogens is 508 g/mol. The molecule has 1 aromatic carbocycles. The van der Waals surface area contributed by atoms with Gasteiger partial charge in [-0.05, 0) is 37.1 Å². The fourth-order valence-corrected chi connectivity index (χ4v) is 4.66. The van der Waals surface area contributed by atoms with Gasteiger partial charge in [-0.15, -0.1) is 11.3 Å². The Kier molecular flexibility index (Phi) is 8.02. The van der Waals surface area contributed by atoms with Gasteiger partial charge < -0.3 is 19.8 Å². The Hall–Kier alpha value is -2.30. The van der Waals surface area contributed by atoms with Crippen molar-refractivity contribution in [2.24, 2.45) is 0 Å². The number of amides is 1. The number of ether oxygens (including phenoxy) is 1. The molecule has 10 heteroatoms. The lowest BCUT2D eigenvalue weighted by Gasteiger charge is -2.33. The van der Waals surface area contributed by atoms with E-state index in [1.807, 2.05) is 0 Å². The summed E-state index contributed by atoms with van der Waals surface area (Å²) in [6.07, 6.45) is 1.38. The number of alkyl halides is 2. The van der Waals surface area contributed by atoms with E-state index in [1.54, 1.807) is 12.1 Å². The fraction of sp³-hybridized carbons (Fsp3) is 0.364. The van der Waals surface area contributed by atoms with E-state index >= 15 is 0 Å². The number of carboxylic acids is 1. The predicted molar refractivity (Wildman–Crippen MR) is 119 cm³/mol. The van der Waals surface area contributed by atoms with Gasteiger partial charge in [-0.25, -0.2) is 9.59 Å². The number of carboxylic acid groups (broad SMARTS) is 1. The molecule has 0 aliphatic carbocycles. The SMILES string of the molecule is O=C(O)c1ccc(CCCN2C(=O)OCC[C@@H]2C=C[C@@H](O)C(F)(F)c2cccc(Br)c2)s1. The minimum absolute atomic E-state index is 0.162. The number of rotatable bonds is 9. The third-order valence-corrected chi connectivity index (χ3v) is 6.69. The number of aliphatic hydroxyl groups is 1. The second kappa shape index (κ2) is 10.5. The Balaban J connectivity index is 1.63. The summed E-state index contributed by atoms with van der Waals surface area (Å²) in [7, 11) is 0. The van der Waals surface area contributed by atoms with Gasteiger partial charge >= 0.3 is 18.0 Å². The van der Waals surface area contributed by atoms with Crippen LogP contribution < -0.4 is 0 Å². The maximum Gasteiger partial charge on any atom is 0.410 e. The molecule has 0 spiro atoms. The first-order chi connectivity index (χ1) is 15.2. The molecule has 2 atom stereocenters. The van der Waals surface area contributed by atoms with Crippen LogP contribution >= 0.6 is 27.3 Å². The van der Waals surface area contributed by atoms with Crippen molar-refractivity contribution in [3.05, 3.63) is 68.3 Å². The lowest BCUT2D eigenvalue weighted by Crippen LogP contribution is -2.45. The second-order valence-electron chi connectivity index (χ2n) is 7.30. The summed E-state index contributed by atoms with van der Waals surface area (Å²) in [5.41, 5.74) is -0.319. The monoisotopic (exact) mass is 529 g/mol. The zero-order valence-electron chi connectivity index (χ0n) is 16.9. The molecule has 1 aliphatic heterocycles. The van der Waals surface area contributed by atoms with Crippen LogP contribution in [0, 0.1) is 0 Å². The highest BCUT2D eigenvalue weighted by Gasteiger charge is 2.39. The fourth-order valence-electron chi connectivity index (χ4n) is 3.37. The Morgan fingerprint density at radius 1 is 1.38 bits per heavy atom. The zero-order valence-corrected chi connectivity index (χ0v) is 19.3. The highest BCUT2D eigenvalue weighted by Crippen LogP contribution is 2.34. The summed E-state index contributed by atoms with van der Waals surface area (Å²) in [4.78, 5) is 25.8. The second-order valence-corrected chi connectivity index (χ2v) is 9.39. The topological polar surface area (TPSA) is 87.1 Å². The van der Waals surface area contributed by atoms with Crippen molar-refractivity contribution >= 4 is 39.3 Å². The van der Waals surface area contributed by atoms with Gasteiger partial charge in [0.25, 0.3) is 0 Å². The average Bonchev–Trinajstić information content (AvgIpc) is 3.23. The van der Waals surface area contributed by atoms with E-state index in [0.29, 0.717) is 30.3 Å². The van der Waals surface area contributed by atoms with Crippen molar-refractivity contribution in [3.8, 4) is 0 Å². The number of nitrogens with zero attached hydrogens (tertiary/aromatic N) is 1. The van der Waals surface area contributed by atoms with Gasteiger partial charge in [-0.1, -0.05) is 40.2 Å². The van der Waals surface area contributed by atoms with Crippen LogP contribution in [-0.4, -0.2) is 52.5 Å². The minimum Gasteiger partial charge on any atom is -0.477 e. The molecule has 2 heterocycles. The normalized spacial score (nSPS) is 18.1. The van der Waals surface area contributed by atoms with Crippen LogP contribution in [0.25, 0.3) is 0 Å². The molecule has 0 unspecified atom stereocenters. The van der Waals surface area contributed by atoms with E-state index in [4.69, 9.17) is 9.84 Å². The smallest absolute Gasteiger partial charge is 0.410 e. The number of carbonyl (C=O) groups excluding carboxylic acids is 1. The van der Waals surface area contributed by atoms with Crippen molar-refractivity contribution in [2.75, 3.05) is 13.2 Å². The number of aromatic carboxylic acids is 1. The molecule has 0 bridgehead atoms. The summed E-state index contributed by atoms with van der Waals surface area (Å²) in [6.45, 7) is 0.474. The Morgan fingerprint density at radius 3 is 2.84 bits per heavy atom. The zero-order chi connectivity index (χ0) is 23.3. The van der Waals surface area contributed by atoms with E-state index < -0.39 is 30.1 Å². The highest BCUT2D eigenvalue weighted by atomic mass is 79.9. The number of cyclic esters (lactones) is 1. The number of hydrogen-bond acceptors (Lipinski definition) is 5. The number of aryl methyl sites for hydroxylation is 1. The molecule has 1 aromatic heterocycles. The molecule has 2 N–H and O–H groups in total. The number of carbonyl (C=O) groups is 2. The Morgan fingerprint density at radius 2 is 2.16 bits per heavy atom. The van der Waals surface area contributed by atoms with Gasteiger partial charge in [0.15, 0.2) is 0 Å². The van der Waals surface area contributed by atoms with E-state index in [9.17, 15) is 23.5 Å². The molecule has 1 saturated heterocycles. The molecule has 172 valence electrons. The van der Waals surface area contributed by atoms with Gasteiger partial charge in [0.1, 0.15) is 11.0 Å². The van der Waals surface area contributed by atoms with Crippen molar-refractivity contribution in [1.82, 2.24) is 4.90 Å². The maximum absolute atomic E-state index is 14.6. The summed E-state index contributed by atoms with van der Waals surface area (Å²) in [6, 6.07) is 8.37. The largest absolute Gasteiger partial charge is 0.477 e. The molecular formula is C22H22BrF2NO5S. The molecule has 6 nitrogen and oxygen atoms in total. The maximum atomic E-state index is 14.6. The van der Waals surface area contributed by atoms with Crippen molar-refractivity contribution in [2.45, 2.75) is 37.3 Å². The number of hydrogen-bond donors (Lipinski definition) is 2. The van der Waals surface area contributed by atoms with Crippen molar-refractivity contribution < 1.29 is 33.3 Å². The Labute approximate surface area is 196 Å². The van der Waals surface area contributed by atoms with E-state index in [-0.39, 0.29) is 17.0 Å². The number of thiophene rings is 1. The summed E-state index contributed by atoms with van der Waals surface area (Å²) in [5, 5.41) is 19.1. The van der Waals surface area contributed by atoms with Gasteiger partial charge in [-0.2, -0.15) is 8.78 Å². The molecule has 1 aliphatic rings. The van der Waals surface area contributed by atoms with Crippen LogP contribution in [0.4, 0.5) is 13.6 Å². The molecule has 32 heavy (non-hydrogen) atoms. The lowest BCUT2D eigenvalue weighted by atomic mass is 10.0. The average molecular weight is 530 g/mol. The third kappa shape index (κ3) is 5.93. The summed E-state index contributed by atoms with van der Waals surface area (Å²) in [5.74, 6) is -4.48. The van der Waals surface area contributed by atoms with Gasteiger partial charge in [0.05, 0.1) is 12.6 Å². The summed E-state index contributed by atoms with van der Waals surface area (Å²) >= 11 is 4.33. The molecule has 1 fully saturated rings. The number of halogens is 3. The summed E-state index contributed by atoms with van der Waals surface area (Å²) < 4.78 is 34.8. The van der Waals surface area contributed by atoms with Gasteiger partial charge in [0.2, 0.25) is 0 Å². The first kappa shape index (κ1) is 24.3. The van der Waals surface area contributed by atoms with Crippen LogP contribution in [0.2, 0.25) is 0 Å². The number of benzene rings is 1. The van der Waals surface area contributed by atoms with Gasteiger partial charge in [0, 0.05) is 27.9 Å². The molecule has 3 rings (SSSR count). The molecule has 0 saturated carbocycles. The molecule has 0 radical (unpaired) electrons. The van der Waals surface area contributed by atoms with Gasteiger partial charge in [-0.3, -0.25) is 0 Å². The van der Waals surface area contributed by atoms with E-state index in [0.717, 1.165) is 11.0 Å². The first-order valence-corrected chi connectivity index (χ1v) is 11.5. The highest BCUT2D eigenvalue weighted by molar-refractivity contribution is 9.10. The third-order valence-electron chi connectivity index (χ3n) is 5.07. The first-order valence-electron chi connectivity index (χ1n) is 9.94. The van der Waals surface area contributed by atoms with Crippen molar-refractivity contribution in [1.29, 1.82) is 0 Å². The van der Waals surface area contributed by atoms with Crippen LogP contribution in [0.15, 0.2) is 53.0 Å². The van der Waals surface area contributed by atoms with Crippen molar-refractivity contribution in [3.63, 3.8) is 0 Å². The standard InChI is InChI=1S/C22H22BrF2NO5S/c23-15-4-1-3-14(13-15)22(24,25)19(27)9-6-16-10-12-31-21(30)26(16)11-2-5-17-7-8-18(32-17)20(28)29/h1,3-4,6-9,13,16,19,27H,2,5,10-12H2,(H,28,29)/t16-,19+/m0/s1. The molecule has 2 aromatic rings. The van der Waals surface area contributed by atoms with Crippen LogP contribution in [-0.2, 0) is 17.1 Å². The van der Waals surface area contributed by atoms with E-state index in [1.165, 1.54) is 46.6 Å². The quantitative estimate of drug-likeness (QED) is 0.443. The van der Waals surface area contributed by atoms with Crippen LogP contribution in [0.5, 0.6) is 0 Å². The lowest BCUT2D eigenvalue weighted by molar-refractivity contribution is -0.0930. The molecule has 1 amide bonds. The number of aliphatic hydroxyl groups excluding tert-OH is 1. The van der Waals surface area contributed by atoms with E-state index in [2.05, 4.69) is 15.9 Å². The predicted octanol–water partition coefficient (Wildman–Crippen LogP) is 5.06. The Bertz CT molecular complexity index is 996. The van der Waals surface area contributed by atoms with Crippen LogP contribution in [0.1, 0.15) is 33.0 Å². The minimum atomic E-state index is -3.50.